The molecule has 1 aromatic rings. The van der Waals surface area contributed by atoms with Crippen molar-refractivity contribution < 1.29 is 4.39 Å². The van der Waals surface area contributed by atoms with Gasteiger partial charge in [-0.1, -0.05) is 91.8 Å². The van der Waals surface area contributed by atoms with Crippen molar-refractivity contribution in [3.8, 4) is 0 Å². The molecule has 0 bridgehead atoms. The van der Waals surface area contributed by atoms with Gasteiger partial charge in [-0.2, -0.15) is 0 Å². The van der Waals surface area contributed by atoms with Crippen LogP contribution in [0.1, 0.15) is 68.9 Å². The van der Waals surface area contributed by atoms with Crippen molar-refractivity contribution in [3.05, 3.63) is 39.9 Å². The first-order valence-electron chi connectivity index (χ1n) is 10.4. The molecule has 0 amide bonds. The first kappa shape index (κ1) is 20.4. The van der Waals surface area contributed by atoms with Gasteiger partial charge in [0.25, 0.3) is 0 Å². The highest BCUT2D eigenvalue weighted by atomic mass is 35.5. The topological polar surface area (TPSA) is 0 Å². The van der Waals surface area contributed by atoms with Gasteiger partial charge in [-0.15, -0.1) is 0 Å². The fourth-order valence-electron chi connectivity index (χ4n) is 5.29. The maximum absolute atomic E-state index is 13.8. The van der Waals surface area contributed by atoms with E-state index in [2.05, 4.69) is 19.1 Å². The van der Waals surface area contributed by atoms with Crippen LogP contribution in [0.2, 0.25) is 18.1 Å². The Kier molecular flexibility index (Phi) is 7.66. The Bertz CT molecular complexity index is 593. The summed E-state index contributed by atoms with van der Waals surface area (Å²) in [6, 6.07) is 12.5. The highest BCUT2D eigenvalue weighted by Gasteiger charge is 2.31. The largest absolute Gasteiger partial charge is 0.204 e. The van der Waals surface area contributed by atoms with E-state index in [0.29, 0.717) is 11.5 Å². The molecule has 0 atom stereocenters. The second-order valence-electron chi connectivity index (χ2n) is 8.38. The Balaban J connectivity index is 1.50. The van der Waals surface area contributed by atoms with Crippen LogP contribution >= 0.6 is 23.2 Å². The number of rotatable bonds is 5. The van der Waals surface area contributed by atoms with Gasteiger partial charge >= 0.3 is 0 Å². The Hall–Kier alpha value is -0.313. The normalized spacial score (nSPS) is 29.4. The second kappa shape index (κ2) is 9.75. The molecule has 2 aliphatic rings. The molecule has 0 aromatic heterocycles. The van der Waals surface area contributed by atoms with Crippen molar-refractivity contribution in [2.75, 3.05) is 0 Å². The van der Waals surface area contributed by atoms with Crippen LogP contribution in [0.5, 0.6) is 0 Å². The maximum Gasteiger partial charge on any atom is 0.160 e. The lowest BCUT2D eigenvalue weighted by Gasteiger charge is -2.37. The van der Waals surface area contributed by atoms with Gasteiger partial charge in [0.1, 0.15) is 4.49 Å². The summed E-state index contributed by atoms with van der Waals surface area (Å²) < 4.78 is 13.5. The molecule has 0 unspecified atom stereocenters. The molecule has 2 fully saturated rings. The summed E-state index contributed by atoms with van der Waals surface area (Å²) >= 11 is 11.1. The average molecular weight is 413 g/mol. The highest BCUT2D eigenvalue weighted by Crippen LogP contribution is 2.43. The molecule has 26 heavy (non-hydrogen) atoms. The summed E-state index contributed by atoms with van der Waals surface area (Å²) in [5.41, 5.74) is 1.81. The summed E-state index contributed by atoms with van der Waals surface area (Å²) in [5, 5.41) is 0. The molecule has 1 aromatic carbocycles. The molecular formula is C22H31Cl2FSi. The number of hydrogen-bond donors (Lipinski definition) is 0. The summed E-state index contributed by atoms with van der Waals surface area (Å²) in [6.07, 6.45) is 9.76. The molecule has 0 N–H and O–H groups in total. The zero-order valence-corrected chi connectivity index (χ0v) is 18.5. The van der Waals surface area contributed by atoms with Crippen LogP contribution in [0.4, 0.5) is 4.39 Å². The Morgan fingerprint density at radius 3 is 2.08 bits per heavy atom. The van der Waals surface area contributed by atoms with Crippen molar-refractivity contribution in [2.24, 2.45) is 11.8 Å². The summed E-state index contributed by atoms with van der Waals surface area (Å²) in [7, 11) is -0.354. The lowest BCUT2D eigenvalue weighted by atomic mass is 9.72. The van der Waals surface area contributed by atoms with E-state index in [-0.39, 0.29) is 13.3 Å². The van der Waals surface area contributed by atoms with E-state index in [9.17, 15) is 4.39 Å². The molecule has 0 nitrogen and oxygen atoms in total. The predicted molar refractivity (Wildman–Crippen MR) is 115 cm³/mol. The number of hydrogen-bond acceptors (Lipinski definition) is 0. The zero-order chi connectivity index (χ0) is 18.5. The molecule has 1 saturated carbocycles. The first-order chi connectivity index (χ1) is 12.6. The quantitative estimate of drug-likeness (QED) is 0.428. The SMILES string of the molecule is CCC[SiH]1CCC([C@H]2CC[C@H](c3ccc(C(F)=C(Cl)Cl)cc3)CC2)CC1. The van der Waals surface area contributed by atoms with Crippen LogP contribution in [0.3, 0.4) is 0 Å². The minimum Gasteiger partial charge on any atom is -0.204 e. The third kappa shape index (κ3) is 5.14. The van der Waals surface area contributed by atoms with Crippen LogP contribution in [0, 0.1) is 11.8 Å². The van der Waals surface area contributed by atoms with E-state index < -0.39 is 5.83 Å². The molecular weight excluding hydrogens is 382 g/mol. The van der Waals surface area contributed by atoms with Crippen molar-refractivity contribution in [1.29, 1.82) is 0 Å². The fourth-order valence-corrected chi connectivity index (χ4v) is 8.99. The fraction of sp³-hybridized carbons (Fsp3) is 0.636. The molecule has 3 rings (SSSR count). The molecule has 1 heterocycles. The van der Waals surface area contributed by atoms with Crippen LogP contribution in [-0.2, 0) is 0 Å². The molecule has 144 valence electrons. The lowest BCUT2D eigenvalue weighted by Crippen LogP contribution is -2.28. The van der Waals surface area contributed by atoms with Crippen LogP contribution in [-0.4, -0.2) is 8.80 Å². The van der Waals surface area contributed by atoms with E-state index in [1.807, 2.05) is 0 Å². The van der Waals surface area contributed by atoms with Gasteiger partial charge in [0.05, 0.1) is 0 Å². The Morgan fingerprint density at radius 2 is 1.54 bits per heavy atom. The van der Waals surface area contributed by atoms with Crippen LogP contribution < -0.4 is 0 Å². The van der Waals surface area contributed by atoms with Gasteiger partial charge in [0.15, 0.2) is 5.83 Å². The van der Waals surface area contributed by atoms with Gasteiger partial charge in [-0.25, -0.2) is 4.39 Å². The first-order valence-corrected chi connectivity index (χ1v) is 13.6. The van der Waals surface area contributed by atoms with Gasteiger partial charge in [0, 0.05) is 14.4 Å². The number of benzene rings is 1. The molecule has 4 heteroatoms. The van der Waals surface area contributed by atoms with Crippen molar-refractivity contribution in [1.82, 2.24) is 0 Å². The zero-order valence-electron chi connectivity index (χ0n) is 15.8. The maximum atomic E-state index is 13.8. The summed E-state index contributed by atoms with van der Waals surface area (Å²) in [6.45, 7) is 2.35. The molecule has 0 spiro atoms. The van der Waals surface area contributed by atoms with E-state index in [1.54, 1.807) is 30.3 Å². The summed E-state index contributed by atoms with van der Waals surface area (Å²) in [5.74, 6) is 2.05. The standard InChI is InChI=1S/C22H31Cl2FSi/c1-2-13-26-14-11-19(12-15-26)18-5-3-16(4-6-18)17-7-9-20(10-8-17)21(25)22(23)24/h7-10,16,18-19,26H,2-6,11-15H2,1H3/t16-,18-,19?,26?. The van der Waals surface area contributed by atoms with Gasteiger partial charge in [0.2, 0.25) is 0 Å². The Labute approximate surface area is 169 Å². The lowest BCUT2D eigenvalue weighted by molar-refractivity contribution is 0.216. The third-order valence-corrected chi connectivity index (χ3v) is 10.9. The average Bonchev–Trinajstić information content (AvgIpc) is 2.68. The minimum atomic E-state index is -0.536. The third-order valence-electron chi connectivity index (χ3n) is 6.83. The Morgan fingerprint density at radius 1 is 0.962 bits per heavy atom. The predicted octanol–water partition coefficient (Wildman–Crippen LogP) is 8.08. The molecule has 1 aliphatic heterocycles. The highest BCUT2D eigenvalue weighted by molar-refractivity contribution is 6.59. The van der Waals surface area contributed by atoms with Gasteiger partial charge in [-0.05, 0) is 49.0 Å². The van der Waals surface area contributed by atoms with E-state index in [1.165, 1.54) is 50.5 Å². The van der Waals surface area contributed by atoms with Gasteiger partial charge < -0.3 is 0 Å². The second-order valence-corrected chi connectivity index (χ2v) is 12.8. The molecule has 1 saturated heterocycles. The smallest absolute Gasteiger partial charge is 0.160 e. The monoisotopic (exact) mass is 412 g/mol. The minimum absolute atomic E-state index is 0.296. The van der Waals surface area contributed by atoms with Crippen molar-refractivity contribution in [2.45, 2.75) is 75.9 Å². The molecule has 1 aliphatic carbocycles. The number of halogens is 3. The van der Waals surface area contributed by atoms with Crippen molar-refractivity contribution >= 4 is 37.8 Å². The van der Waals surface area contributed by atoms with E-state index >= 15 is 0 Å². The van der Waals surface area contributed by atoms with Gasteiger partial charge in [-0.3, -0.25) is 0 Å². The summed E-state index contributed by atoms with van der Waals surface area (Å²) in [4.78, 5) is 0. The van der Waals surface area contributed by atoms with Crippen LogP contribution in [0.15, 0.2) is 28.8 Å². The van der Waals surface area contributed by atoms with E-state index in [0.717, 1.165) is 11.8 Å². The van der Waals surface area contributed by atoms with E-state index in [4.69, 9.17) is 23.2 Å². The van der Waals surface area contributed by atoms with Crippen molar-refractivity contribution in [3.63, 3.8) is 0 Å². The van der Waals surface area contributed by atoms with Crippen LogP contribution in [0.25, 0.3) is 5.83 Å². The molecule has 0 radical (unpaired) electrons.